The Hall–Kier alpha value is -0.610. The summed E-state index contributed by atoms with van der Waals surface area (Å²) in [6.07, 6.45) is 2.08. The van der Waals surface area contributed by atoms with Crippen molar-refractivity contribution < 1.29 is 14.6 Å². The lowest BCUT2D eigenvalue weighted by Gasteiger charge is -2.18. The van der Waals surface area contributed by atoms with E-state index < -0.39 is 5.97 Å². The zero-order valence-corrected chi connectivity index (χ0v) is 9.32. The SMILES string of the molecule is COCCCCN(C)CC(C)C(=O)O. The summed E-state index contributed by atoms with van der Waals surface area (Å²) >= 11 is 0. The molecule has 14 heavy (non-hydrogen) atoms. The highest BCUT2D eigenvalue weighted by Gasteiger charge is 2.12. The van der Waals surface area contributed by atoms with Gasteiger partial charge in [-0.2, -0.15) is 0 Å². The number of carbonyl (C=O) groups is 1. The fraction of sp³-hybridized carbons (Fsp3) is 0.900. The van der Waals surface area contributed by atoms with Crippen LogP contribution in [0.4, 0.5) is 0 Å². The molecule has 0 rings (SSSR count). The zero-order chi connectivity index (χ0) is 11.0. The second kappa shape index (κ2) is 7.76. The summed E-state index contributed by atoms with van der Waals surface area (Å²) < 4.78 is 4.93. The van der Waals surface area contributed by atoms with E-state index in [0.29, 0.717) is 6.54 Å². The van der Waals surface area contributed by atoms with E-state index in [4.69, 9.17) is 9.84 Å². The number of carboxylic acid groups (broad SMARTS) is 1. The molecule has 1 unspecified atom stereocenters. The first-order valence-corrected chi connectivity index (χ1v) is 4.98. The third-order valence-electron chi connectivity index (χ3n) is 2.15. The molecule has 0 spiro atoms. The summed E-state index contributed by atoms with van der Waals surface area (Å²) in [5, 5.41) is 8.69. The van der Waals surface area contributed by atoms with E-state index in [2.05, 4.69) is 4.90 Å². The van der Waals surface area contributed by atoms with E-state index in [-0.39, 0.29) is 5.92 Å². The van der Waals surface area contributed by atoms with Crippen molar-refractivity contribution in [1.29, 1.82) is 0 Å². The average Bonchev–Trinajstić information content (AvgIpc) is 2.12. The monoisotopic (exact) mass is 203 g/mol. The Kier molecular flexibility index (Phi) is 7.42. The molecule has 0 aromatic heterocycles. The fourth-order valence-corrected chi connectivity index (χ4v) is 1.27. The molecule has 0 fully saturated rings. The summed E-state index contributed by atoms with van der Waals surface area (Å²) in [6.45, 7) is 4.06. The lowest BCUT2D eigenvalue weighted by atomic mass is 10.1. The maximum absolute atomic E-state index is 10.6. The zero-order valence-electron chi connectivity index (χ0n) is 9.32. The molecular weight excluding hydrogens is 182 g/mol. The third-order valence-corrected chi connectivity index (χ3v) is 2.15. The van der Waals surface area contributed by atoms with Gasteiger partial charge in [0.1, 0.15) is 0 Å². The van der Waals surface area contributed by atoms with E-state index in [1.54, 1.807) is 14.0 Å². The van der Waals surface area contributed by atoms with Crippen LogP contribution >= 0.6 is 0 Å². The third kappa shape index (κ3) is 6.86. The predicted molar refractivity (Wildman–Crippen MR) is 55.4 cm³/mol. The van der Waals surface area contributed by atoms with Gasteiger partial charge in [0.2, 0.25) is 0 Å². The van der Waals surface area contributed by atoms with Crippen LogP contribution in [0, 0.1) is 5.92 Å². The molecule has 0 amide bonds. The number of hydrogen-bond acceptors (Lipinski definition) is 3. The molecule has 4 heteroatoms. The fourth-order valence-electron chi connectivity index (χ4n) is 1.27. The van der Waals surface area contributed by atoms with E-state index in [0.717, 1.165) is 26.0 Å². The quantitative estimate of drug-likeness (QED) is 0.599. The van der Waals surface area contributed by atoms with Gasteiger partial charge in [-0.1, -0.05) is 6.92 Å². The number of hydrogen-bond donors (Lipinski definition) is 1. The van der Waals surface area contributed by atoms with Crippen LogP contribution in [0.2, 0.25) is 0 Å². The Labute approximate surface area is 85.9 Å². The van der Waals surface area contributed by atoms with E-state index in [1.165, 1.54) is 0 Å². The smallest absolute Gasteiger partial charge is 0.307 e. The normalized spacial score (nSPS) is 13.1. The molecule has 0 aliphatic carbocycles. The highest BCUT2D eigenvalue weighted by Crippen LogP contribution is 2.00. The van der Waals surface area contributed by atoms with Gasteiger partial charge in [-0.15, -0.1) is 0 Å². The Morgan fingerprint density at radius 1 is 1.50 bits per heavy atom. The lowest BCUT2D eigenvalue weighted by Crippen LogP contribution is -2.29. The number of ether oxygens (including phenoxy) is 1. The van der Waals surface area contributed by atoms with Crippen molar-refractivity contribution in [2.24, 2.45) is 5.92 Å². The van der Waals surface area contributed by atoms with Crippen LogP contribution in [0.5, 0.6) is 0 Å². The molecule has 0 heterocycles. The molecule has 4 nitrogen and oxygen atoms in total. The standard InChI is InChI=1S/C10H21NO3/c1-9(10(12)13)8-11(2)6-4-5-7-14-3/h9H,4-8H2,1-3H3,(H,12,13). The van der Waals surface area contributed by atoms with Crippen LogP contribution in [0.25, 0.3) is 0 Å². The number of aliphatic carboxylic acids is 1. The molecule has 0 aliphatic rings. The van der Waals surface area contributed by atoms with E-state index in [9.17, 15) is 4.79 Å². The summed E-state index contributed by atoms with van der Waals surface area (Å²) in [4.78, 5) is 12.6. The van der Waals surface area contributed by atoms with Crippen LogP contribution in [0.3, 0.4) is 0 Å². The number of carboxylic acids is 1. The van der Waals surface area contributed by atoms with Crippen molar-refractivity contribution >= 4 is 5.97 Å². The Morgan fingerprint density at radius 2 is 2.14 bits per heavy atom. The molecule has 0 bridgehead atoms. The molecule has 1 N–H and O–H groups in total. The number of rotatable bonds is 8. The second-order valence-corrected chi connectivity index (χ2v) is 3.70. The van der Waals surface area contributed by atoms with Gasteiger partial charge in [-0.3, -0.25) is 4.79 Å². The van der Waals surface area contributed by atoms with Gasteiger partial charge in [0.05, 0.1) is 5.92 Å². The van der Waals surface area contributed by atoms with Gasteiger partial charge < -0.3 is 14.7 Å². The van der Waals surface area contributed by atoms with Crippen LogP contribution in [-0.2, 0) is 9.53 Å². The predicted octanol–water partition coefficient (Wildman–Crippen LogP) is 1.07. The molecular formula is C10H21NO3. The van der Waals surface area contributed by atoms with Crippen molar-refractivity contribution in [3.05, 3.63) is 0 Å². The molecule has 0 aliphatic heterocycles. The number of nitrogens with zero attached hydrogens (tertiary/aromatic N) is 1. The van der Waals surface area contributed by atoms with Gasteiger partial charge in [0, 0.05) is 20.3 Å². The highest BCUT2D eigenvalue weighted by atomic mass is 16.5. The first kappa shape index (κ1) is 13.4. The average molecular weight is 203 g/mol. The Balaban J connectivity index is 3.45. The molecule has 1 atom stereocenters. The van der Waals surface area contributed by atoms with Gasteiger partial charge in [-0.05, 0) is 26.4 Å². The summed E-state index contributed by atoms with van der Waals surface area (Å²) in [5.74, 6) is -1.02. The van der Waals surface area contributed by atoms with Gasteiger partial charge in [-0.25, -0.2) is 0 Å². The summed E-state index contributed by atoms with van der Waals surface area (Å²) in [6, 6.07) is 0. The summed E-state index contributed by atoms with van der Waals surface area (Å²) in [5.41, 5.74) is 0. The maximum Gasteiger partial charge on any atom is 0.307 e. The molecule has 0 saturated heterocycles. The minimum atomic E-state index is -0.728. The number of methoxy groups -OCH3 is 1. The first-order chi connectivity index (χ1) is 6.57. The molecule has 0 radical (unpaired) electrons. The Bertz CT molecular complexity index is 161. The topological polar surface area (TPSA) is 49.8 Å². The van der Waals surface area contributed by atoms with Gasteiger partial charge >= 0.3 is 5.97 Å². The minimum Gasteiger partial charge on any atom is -0.481 e. The van der Waals surface area contributed by atoms with Crippen molar-refractivity contribution in [1.82, 2.24) is 4.90 Å². The van der Waals surface area contributed by atoms with Gasteiger partial charge in [0.15, 0.2) is 0 Å². The molecule has 0 aromatic carbocycles. The van der Waals surface area contributed by atoms with Crippen molar-refractivity contribution in [2.75, 3.05) is 33.9 Å². The number of unbranched alkanes of at least 4 members (excludes halogenated alkanes) is 1. The highest BCUT2D eigenvalue weighted by molar-refractivity contribution is 5.69. The largest absolute Gasteiger partial charge is 0.481 e. The van der Waals surface area contributed by atoms with Crippen LogP contribution < -0.4 is 0 Å². The Morgan fingerprint density at radius 3 is 2.64 bits per heavy atom. The first-order valence-electron chi connectivity index (χ1n) is 4.98. The van der Waals surface area contributed by atoms with Crippen molar-refractivity contribution in [3.8, 4) is 0 Å². The lowest BCUT2D eigenvalue weighted by molar-refractivity contribution is -0.141. The van der Waals surface area contributed by atoms with Gasteiger partial charge in [0.25, 0.3) is 0 Å². The molecule has 0 saturated carbocycles. The van der Waals surface area contributed by atoms with E-state index in [1.807, 2.05) is 7.05 Å². The van der Waals surface area contributed by atoms with Crippen LogP contribution in [0.1, 0.15) is 19.8 Å². The molecule has 84 valence electrons. The second-order valence-electron chi connectivity index (χ2n) is 3.70. The van der Waals surface area contributed by atoms with Crippen LogP contribution in [0.15, 0.2) is 0 Å². The van der Waals surface area contributed by atoms with Crippen LogP contribution in [-0.4, -0.2) is 49.8 Å². The maximum atomic E-state index is 10.6. The van der Waals surface area contributed by atoms with E-state index >= 15 is 0 Å². The molecule has 0 aromatic rings. The minimum absolute atomic E-state index is 0.289. The summed E-state index contributed by atoms with van der Waals surface area (Å²) in [7, 11) is 3.64. The van der Waals surface area contributed by atoms with Crippen molar-refractivity contribution in [2.45, 2.75) is 19.8 Å². The van der Waals surface area contributed by atoms with Crippen molar-refractivity contribution in [3.63, 3.8) is 0 Å².